The Hall–Kier alpha value is -0.870. The normalized spacial score (nSPS) is 11.6. The molecule has 0 amide bonds. The Kier molecular flexibility index (Phi) is 5.35. The Labute approximate surface area is 117 Å². The van der Waals surface area contributed by atoms with Crippen LogP contribution in [0.15, 0.2) is 22.7 Å². The van der Waals surface area contributed by atoms with Crippen molar-refractivity contribution in [3.8, 4) is 0 Å². The van der Waals surface area contributed by atoms with Crippen LogP contribution in [-0.4, -0.2) is 17.6 Å². The number of hydrogen-bond acceptors (Lipinski definition) is 2. The van der Waals surface area contributed by atoms with E-state index < -0.39 is 11.4 Å². The van der Waals surface area contributed by atoms with E-state index in [2.05, 4.69) is 46.4 Å². The van der Waals surface area contributed by atoms with Crippen molar-refractivity contribution in [2.45, 2.75) is 33.7 Å². The fraction of sp³-hybridized carbons (Fsp3) is 0.500. The third-order valence-electron chi connectivity index (χ3n) is 3.03. The van der Waals surface area contributed by atoms with E-state index in [1.807, 2.05) is 0 Å². The van der Waals surface area contributed by atoms with Crippen molar-refractivity contribution in [1.82, 2.24) is 5.32 Å². The summed E-state index contributed by atoms with van der Waals surface area (Å²) in [5.41, 5.74) is 1.74. The van der Waals surface area contributed by atoms with Crippen LogP contribution in [0.3, 0.4) is 0 Å². The van der Waals surface area contributed by atoms with E-state index in [9.17, 15) is 4.79 Å². The minimum atomic E-state index is -0.749. The van der Waals surface area contributed by atoms with Gasteiger partial charge in [0.25, 0.3) is 0 Å². The molecule has 0 atom stereocenters. The minimum absolute atomic E-state index is 0.617. The Balaban J connectivity index is 2.41. The molecule has 0 bridgehead atoms. The molecule has 0 saturated heterocycles. The Morgan fingerprint density at radius 3 is 2.67 bits per heavy atom. The van der Waals surface area contributed by atoms with Gasteiger partial charge in [0, 0.05) is 11.0 Å². The van der Waals surface area contributed by atoms with E-state index in [1.54, 1.807) is 13.8 Å². The van der Waals surface area contributed by atoms with Crippen molar-refractivity contribution in [2.24, 2.45) is 5.41 Å². The third kappa shape index (κ3) is 4.42. The number of nitrogens with one attached hydrogen (secondary N) is 1. The molecule has 0 aliphatic heterocycles. The van der Waals surface area contributed by atoms with Crippen LogP contribution in [-0.2, 0) is 11.3 Å². The zero-order chi connectivity index (χ0) is 13.8. The van der Waals surface area contributed by atoms with Gasteiger partial charge in [-0.2, -0.15) is 0 Å². The van der Waals surface area contributed by atoms with Crippen LogP contribution in [0.2, 0.25) is 0 Å². The van der Waals surface area contributed by atoms with E-state index >= 15 is 0 Å². The van der Waals surface area contributed by atoms with E-state index in [4.69, 9.17) is 5.11 Å². The molecule has 0 heterocycles. The molecule has 0 spiro atoms. The minimum Gasteiger partial charge on any atom is -0.481 e. The highest BCUT2D eigenvalue weighted by atomic mass is 79.9. The summed E-state index contributed by atoms with van der Waals surface area (Å²) in [7, 11) is 0. The molecule has 0 aromatic heterocycles. The Morgan fingerprint density at radius 2 is 2.11 bits per heavy atom. The molecule has 2 N–H and O–H groups in total. The lowest BCUT2D eigenvalue weighted by atomic mass is 9.90. The van der Waals surface area contributed by atoms with Gasteiger partial charge in [-0.15, -0.1) is 0 Å². The smallest absolute Gasteiger partial charge is 0.309 e. The maximum atomic E-state index is 10.9. The molecule has 18 heavy (non-hydrogen) atoms. The molecule has 100 valence electrons. The summed E-state index contributed by atoms with van der Waals surface area (Å²) in [5.74, 6) is -0.749. The predicted molar refractivity (Wildman–Crippen MR) is 76.6 cm³/mol. The number of aryl methyl sites for hydroxylation is 1. The number of carboxylic acid groups (broad SMARTS) is 1. The van der Waals surface area contributed by atoms with Crippen molar-refractivity contribution in [3.05, 3.63) is 33.8 Å². The second kappa shape index (κ2) is 6.34. The highest BCUT2D eigenvalue weighted by molar-refractivity contribution is 9.10. The lowest BCUT2D eigenvalue weighted by Gasteiger charge is -2.19. The molecule has 4 heteroatoms. The zero-order valence-electron chi connectivity index (χ0n) is 11.1. The summed E-state index contributed by atoms with van der Waals surface area (Å²) in [6.07, 6.45) is 0.617. The summed E-state index contributed by atoms with van der Waals surface area (Å²) in [6.45, 7) is 6.99. The molecule has 0 unspecified atom stereocenters. The average Bonchev–Trinajstić information content (AvgIpc) is 2.26. The maximum absolute atomic E-state index is 10.9. The molecule has 3 nitrogen and oxygen atoms in total. The van der Waals surface area contributed by atoms with Crippen molar-refractivity contribution in [1.29, 1.82) is 0 Å². The summed E-state index contributed by atoms with van der Waals surface area (Å²) < 4.78 is 1.09. The van der Waals surface area contributed by atoms with Gasteiger partial charge in [0.05, 0.1) is 5.41 Å². The first-order valence-electron chi connectivity index (χ1n) is 6.02. The fourth-order valence-electron chi connectivity index (χ4n) is 1.53. The first kappa shape index (κ1) is 15.2. The molecule has 0 aliphatic rings. The van der Waals surface area contributed by atoms with E-state index in [1.165, 1.54) is 11.1 Å². The van der Waals surface area contributed by atoms with Gasteiger partial charge in [0.15, 0.2) is 0 Å². The monoisotopic (exact) mass is 313 g/mol. The highest BCUT2D eigenvalue weighted by Crippen LogP contribution is 2.20. The van der Waals surface area contributed by atoms with Gasteiger partial charge in [0.1, 0.15) is 0 Å². The second-order valence-electron chi connectivity index (χ2n) is 5.21. The quantitative estimate of drug-likeness (QED) is 0.792. The standard InChI is InChI=1S/C14H20BrNO2/c1-10-4-5-11(12(15)8-10)9-16-7-6-14(2,3)13(17)18/h4-5,8,16H,6-7,9H2,1-3H3,(H,17,18). The van der Waals surface area contributed by atoms with Gasteiger partial charge in [-0.25, -0.2) is 0 Å². The number of benzene rings is 1. The molecule has 0 radical (unpaired) electrons. The second-order valence-corrected chi connectivity index (χ2v) is 6.07. The summed E-state index contributed by atoms with van der Waals surface area (Å²) in [6, 6.07) is 6.23. The molecule has 0 aliphatic carbocycles. The van der Waals surface area contributed by atoms with Crippen LogP contribution < -0.4 is 5.32 Å². The number of carboxylic acids is 1. The van der Waals surface area contributed by atoms with Gasteiger partial charge in [-0.3, -0.25) is 4.79 Å². The number of hydrogen-bond donors (Lipinski definition) is 2. The first-order valence-corrected chi connectivity index (χ1v) is 6.81. The topological polar surface area (TPSA) is 49.3 Å². The number of rotatable bonds is 6. The van der Waals surface area contributed by atoms with Crippen LogP contribution in [0.5, 0.6) is 0 Å². The van der Waals surface area contributed by atoms with E-state index in [-0.39, 0.29) is 0 Å². The Morgan fingerprint density at radius 1 is 1.44 bits per heavy atom. The number of carbonyl (C=O) groups is 1. The van der Waals surface area contributed by atoms with Crippen molar-refractivity contribution in [3.63, 3.8) is 0 Å². The van der Waals surface area contributed by atoms with Crippen molar-refractivity contribution >= 4 is 21.9 Å². The van der Waals surface area contributed by atoms with Crippen molar-refractivity contribution in [2.75, 3.05) is 6.54 Å². The van der Waals surface area contributed by atoms with Gasteiger partial charge in [0.2, 0.25) is 0 Å². The van der Waals surface area contributed by atoms with E-state index in [0.29, 0.717) is 13.0 Å². The van der Waals surface area contributed by atoms with Crippen LogP contribution in [0.1, 0.15) is 31.4 Å². The lowest BCUT2D eigenvalue weighted by Crippen LogP contribution is -2.28. The SMILES string of the molecule is Cc1ccc(CNCCC(C)(C)C(=O)O)c(Br)c1. The average molecular weight is 314 g/mol. The third-order valence-corrected chi connectivity index (χ3v) is 3.77. The fourth-order valence-corrected chi connectivity index (χ4v) is 2.16. The van der Waals surface area contributed by atoms with Gasteiger partial charge >= 0.3 is 5.97 Å². The van der Waals surface area contributed by atoms with Crippen LogP contribution in [0.4, 0.5) is 0 Å². The van der Waals surface area contributed by atoms with Crippen LogP contribution in [0.25, 0.3) is 0 Å². The summed E-state index contributed by atoms with van der Waals surface area (Å²) >= 11 is 3.53. The van der Waals surface area contributed by atoms with Gasteiger partial charge in [-0.1, -0.05) is 28.1 Å². The molecule has 0 saturated carbocycles. The number of halogens is 1. The molecule has 1 aromatic rings. The summed E-state index contributed by atoms with van der Waals surface area (Å²) in [4.78, 5) is 10.9. The number of aliphatic carboxylic acids is 1. The Bertz CT molecular complexity index is 430. The molecule has 1 rings (SSSR count). The maximum Gasteiger partial charge on any atom is 0.309 e. The van der Waals surface area contributed by atoms with Crippen molar-refractivity contribution < 1.29 is 9.90 Å². The van der Waals surface area contributed by atoms with Crippen LogP contribution in [0, 0.1) is 12.3 Å². The van der Waals surface area contributed by atoms with Gasteiger partial charge < -0.3 is 10.4 Å². The lowest BCUT2D eigenvalue weighted by molar-refractivity contribution is -0.147. The molecular formula is C14H20BrNO2. The molecular weight excluding hydrogens is 294 g/mol. The van der Waals surface area contributed by atoms with E-state index in [0.717, 1.165) is 11.0 Å². The predicted octanol–water partition coefficient (Wildman–Crippen LogP) is 3.35. The largest absolute Gasteiger partial charge is 0.481 e. The zero-order valence-corrected chi connectivity index (χ0v) is 12.7. The van der Waals surface area contributed by atoms with Gasteiger partial charge in [-0.05, 0) is 50.9 Å². The highest BCUT2D eigenvalue weighted by Gasteiger charge is 2.26. The summed E-state index contributed by atoms with van der Waals surface area (Å²) in [5, 5.41) is 12.3. The first-order chi connectivity index (χ1) is 8.33. The molecule has 1 aromatic carbocycles. The van der Waals surface area contributed by atoms with Crippen LogP contribution >= 0.6 is 15.9 Å². The molecule has 0 fully saturated rings.